The lowest BCUT2D eigenvalue weighted by atomic mass is 9.70. The van der Waals surface area contributed by atoms with Crippen LogP contribution < -0.4 is 0 Å². The summed E-state index contributed by atoms with van der Waals surface area (Å²) in [5, 5.41) is 0.749. The highest BCUT2D eigenvalue weighted by molar-refractivity contribution is 6.31. The lowest BCUT2D eigenvalue weighted by Gasteiger charge is -2.41. The van der Waals surface area contributed by atoms with E-state index in [1.54, 1.807) is 4.90 Å². The Morgan fingerprint density at radius 2 is 1.73 bits per heavy atom. The fourth-order valence-electron chi connectivity index (χ4n) is 5.03. The van der Waals surface area contributed by atoms with Gasteiger partial charge in [0.2, 0.25) is 0 Å². The number of carbonyl (C=O) groups is 2. The molecule has 1 saturated heterocycles. The highest BCUT2D eigenvalue weighted by Crippen LogP contribution is 2.58. The molecular weight excluding hydrogens is 402 g/mol. The van der Waals surface area contributed by atoms with E-state index in [2.05, 4.69) is 12.1 Å². The normalized spacial score (nSPS) is 20.8. The number of aryl methyl sites for hydroxylation is 1. The quantitative estimate of drug-likeness (QED) is 0.567. The van der Waals surface area contributed by atoms with Crippen molar-refractivity contribution in [2.24, 2.45) is 5.41 Å². The predicted octanol–water partition coefficient (Wildman–Crippen LogP) is 5.60. The number of hydrogen-bond donors (Lipinski definition) is 0. The molecule has 1 amide bonds. The lowest BCUT2D eigenvalue weighted by Crippen LogP contribution is -2.46. The van der Waals surface area contributed by atoms with Crippen LogP contribution >= 0.6 is 11.6 Å². The molecule has 1 unspecified atom stereocenters. The van der Waals surface area contributed by atoms with E-state index in [4.69, 9.17) is 21.1 Å². The van der Waals surface area contributed by atoms with Gasteiger partial charge in [-0.15, -0.1) is 0 Å². The molecule has 0 radical (unpaired) electrons. The minimum atomic E-state index is -0.643. The number of likely N-dealkylation sites (tertiary alicyclic amines) is 1. The standard InChI is InChI=1S/C24H34ClNO4/c1-15-12-16-17(13-19(15)25)24(14-18(16)23(5,6)20(27)29-7)8-10-26(11-9-24)21(28)30-22(2,3)4/h12-13,18H,8-11,14H2,1-7H3. The monoisotopic (exact) mass is 435 g/mol. The SMILES string of the molecule is COC(=O)C(C)(C)C1CC2(CCN(C(=O)OC(C)(C)C)CC2)c2cc(Cl)c(C)cc21. The summed E-state index contributed by atoms with van der Waals surface area (Å²) < 4.78 is 10.7. The number of piperidine rings is 1. The lowest BCUT2D eigenvalue weighted by molar-refractivity contribution is -0.152. The van der Waals surface area contributed by atoms with Gasteiger partial charge in [0.1, 0.15) is 5.60 Å². The number of nitrogens with zero attached hydrogens (tertiary/aromatic N) is 1. The summed E-state index contributed by atoms with van der Waals surface area (Å²) in [4.78, 5) is 26.9. The van der Waals surface area contributed by atoms with E-state index in [-0.39, 0.29) is 23.4 Å². The Bertz CT molecular complexity index is 847. The molecule has 1 heterocycles. The number of amides is 1. The topological polar surface area (TPSA) is 55.8 Å². The number of rotatable bonds is 2. The fourth-order valence-corrected chi connectivity index (χ4v) is 5.19. The molecule has 1 aromatic carbocycles. The van der Waals surface area contributed by atoms with Crippen molar-refractivity contribution in [2.45, 2.75) is 77.7 Å². The summed E-state index contributed by atoms with van der Waals surface area (Å²) in [6.45, 7) is 12.8. The molecular formula is C24H34ClNO4. The van der Waals surface area contributed by atoms with E-state index >= 15 is 0 Å². The van der Waals surface area contributed by atoms with E-state index in [0.717, 1.165) is 29.8 Å². The van der Waals surface area contributed by atoms with Crippen LogP contribution in [0.4, 0.5) is 4.79 Å². The number of ether oxygens (including phenoxy) is 2. The number of esters is 1. The first-order valence-electron chi connectivity index (χ1n) is 10.7. The van der Waals surface area contributed by atoms with Crippen LogP contribution in [0.2, 0.25) is 5.02 Å². The van der Waals surface area contributed by atoms with Gasteiger partial charge < -0.3 is 14.4 Å². The maximum atomic E-state index is 12.6. The van der Waals surface area contributed by atoms with Crippen molar-refractivity contribution < 1.29 is 19.1 Å². The van der Waals surface area contributed by atoms with Gasteiger partial charge in [-0.1, -0.05) is 17.7 Å². The molecule has 5 nitrogen and oxygen atoms in total. The number of fused-ring (bicyclic) bond motifs is 2. The molecule has 3 rings (SSSR count). The molecule has 0 N–H and O–H groups in total. The molecule has 6 heteroatoms. The highest BCUT2D eigenvalue weighted by atomic mass is 35.5. The Hall–Kier alpha value is -1.75. The molecule has 30 heavy (non-hydrogen) atoms. The van der Waals surface area contributed by atoms with Gasteiger partial charge in [0, 0.05) is 24.0 Å². The molecule has 1 spiro atoms. The van der Waals surface area contributed by atoms with Gasteiger partial charge in [-0.25, -0.2) is 4.79 Å². The van der Waals surface area contributed by atoms with Crippen LogP contribution in [0.1, 0.15) is 76.5 Å². The van der Waals surface area contributed by atoms with Gasteiger partial charge in [-0.2, -0.15) is 0 Å². The van der Waals surface area contributed by atoms with E-state index < -0.39 is 11.0 Å². The Labute approximate surface area is 185 Å². The molecule has 0 saturated carbocycles. The first-order chi connectivity index (χ1) is 13.8. The minimum absolute atomic E-state index is 0.0454. The molecule has 166 valence electrons. The summed E-state index contributed by atoms with van der Waals surface area (Å²) >= 11 is 6.52. The molecule has 1 aromatic rings. The third-order valence-electron chi connectivity index (χ3n) is 6.83. The number of halogens is 1. The van der Waals surface area contributed by atoms with Crippen molar-refractivity contribution in [2.75, 3.05) is 20.2 Å². The number of carbonyl (C=O) groups excluding carboxylic acids is 2. The van der Waals surface area contributed by atoms with Gasteiger partial charge in [-0.05, 0) is 89.0 Å². The van der Waals surface area contributed by atoms with Gasteiger partial charge in [0.15, 0.2) is 0 Å². The van der Waals surface area contributed by atoms with Crippen LogP contribution in [-0.4, -0.2) is 42.8 Å². The summed E-state index contributed by atoms with van der Waals surface area (Å²) in [7, 11) is 1.45. The van der Waals surface area contributed by atoms with Crippen LogP contribution in [0, 0.1) is 12.3 Å². The Morgan fingerprint density at radius 1 is 1.13 bits per heavy atom. The highest BCUT2D eigenvalue weighted by Gasteiger charge is 2.52. The van der Waals surface area contributed by atoms with Crippen LogP contribution in [0.25, 0.3) is 0 Å². The molecule has 1 fully saturated rings. The van der Waals surface area contributed by atoms with Crippen LogP contribution in [0.15, 0.2) is 12.1 Å². The summed E-state index contributed by atoms with van der Waals surface area (Å²) in [6.07, 6.45) is 2.24. The zero-order valence-corrected chi connectivity index (χ0v) is 20.0. The van der Waals surface area contributed by atoms with Crippen LogP contribution in [0.5, 0.6) is 0 Å². The summed E-state index contributed by atoms with van der Waals surface area (Å²) in [6, 6.07) is 4.23. The van der Waals surface area contributed by atoms with E-state index in [9.17, 15) is 9.59 Å². The Kier molecular flexibility index (Phi) is 5.92. The van der Waals surface area contributed by atoms with Gasteiger partial charge in [0.25, 0.3) is 0 Å². The second-order valence-electron chi connectivity index (χ2n) is 10.4. The first kappa shape index (κ1) is 22.9. The third kappa shape index (κ3) is 4.05. The summed E-state index contributed by atoms with van der Waals surface area (Å²) in [5.74, 6) is -0.154. The Balaban J connectivity index is 1.92. The van der Waals surface area contributed by atoms with E-state index in [1.807, 2.05) is 41.5 Å². The maximum Gasteiger partial charge on any atom is 0.410 e. The van der Waals surface area contributed by atoms with Gasteiger partial charge in [-0.3, -0.25) is 4.79 Å². The Morgan fingerprint density at radius 3 is 2.27 bits per heavy atom. The second kappa shape index (κ2) is 7.74. The zero-order chi connectivity index (χ0) is 22.5. The van der Waals surface area contributed by atoms with Gasteiger partial charge in [0.05, 0.1) is 12.5 Å². The average Bonchev–Trinajstić information content (AvgIpc) is 2.94. The van der Waals surface area contributed by atoms with Crippen molar-refractivity contribution in [3.05, 3.63) is 33.8 Å². The predicted molar refractivity (Wildman–Crippen MR) is 118 cm³/mol. The zero-order valence-electron chi connectivity index (χ0n) is 19.2. The third-order valence-corrected chi connectivity index (χ3v) is 7.23. The average molecular weight is 436 g/mol. The van der Waals surface area contributed by atoms with Gasteiger partial charge >= 0.3 is 12.1 Å². The van der Waals surface area contributed by atoms with Crippen molar-refractivity contribution >= 4 is 23.7 Å². The van der Waals surface area contributed by atoms with Crippen molar-refractivity contribution in [1.82, 2.24) is 4.90 Å². The van der Waals surface area contributed by atoms with E-state index in [0.29, 0.717) is 13.1 Å². The number of hydrogen-bond acceptors (Lipinski definition) is 4. The van der Waals surface area contributed by atoms with E-state index in [1.165, 1.54) is 18.2 Å². The molecule has 0 bridgehead atoms. The molecule has 1 aliphatic carbocycles. The maximum absolute atomic E-state index is 12.6. The van der Waals surface area contributed by atoms with Crippen molar-refractivity contribution in [3.63, 3.8) is 0 Å². The van der Waals surface area contributed by atoms with Crippen molar-refractivity contribution in [3.8, 4) is 0 Å². The minimum Gasteiger partial charge on any atom is -0.469 e. The second-order valence-corrected chi connectivity index (χ2v) is 10.8. The number of benzene rings is 1. The smallest absolute Gasteiger partial charge is 0.410 e. The number of methoxy groups -OCH3 is 1. The summed E-state index contributed by atoms with van der Waals surface area (Å²) in [5.41, 5.74) is 2.19. The molecule has 2 aliphatic rings. The first-order valence-corrected chi connectivity index (χ1v) is 11.1. The van der Waals surface area contributed by atoms with Crippen LogP contribution in [0.3, 0.4) is 0 Å². The fraction of sp³-hybridized carbons (Fsp3) is 0.667. The molecule has 1 aliphatic heterocycles. The van der Waals surface area contributed by atoms with Crippen molar-refractivity contribution in [1.29, 1.82) is 0 Å². The van der Waals surface area contributed by atoms with Crippen LogP contribution in [-0.2, 0) is 19.7 Å². The largest absolute Gasteiger partial charge is 0.469 e. The molecule has 0 aromatic heterocycles. The molecule has 1 atom stereocenters.